The summed E-state index contributed by atoms with van der Waals surface area (Å²) in [7, 11) is 1.65. The van der Waals surface area contributed by atoms with Crippen molar-refractivity contribution in [3.05, 3.63) is 114 Å². The first-order chi connectivity index (χ1) is 16.7. The molecule has 1 unspecified atom stereocenters. The fourth-order valence-electron chi connectivity index (χ4n) is 4.42. The second-order valence-corrected chi connectivity index (χ2v) is 8.37. The summed E-state index contributed by atoms with van der Waals surface area (Å²) in [6.07, 6.45) is 0.372. The van der Waals surface area contributed by atoms with E-state index in [1.165, 1.54) is 0 Å². The third kappa shape index (κ3) is 4.50. The van der Waals surface area contributed by atoms with Gasteiger partial charge < -0.3 is 14.5 Å². The van der Waals surface area contributed by atoms with Gasteiger partial charge in [-0.15, -0.1) is 0 Å². The first-order valence-corrected chi connectivity index (χ1v) is 11.4. The smallest absolute Gasteiger partial charge is 0.254 e. The van der Waals surface area contributed by atoms with Crippen LogP contribution in [0.3, 0.4) is 0 Å². The third-order valence-corrected chi connectivity index (χ3v) is 6.10. The van der Waals surface area contributed by atoms with Crippen molar-refractivity contribution in [3.63, 3.8) is 0 Å². The maximum atomic E-state index is 13.8. The number of methoxy groups -OCH3 is 1. The summed E-state index contributed by atoms with van der Waals surface area (Å²) in [4.78, 5) is 21.5. The molecule has 5 rings (SSSR count). The molecule has 0 bridgehead atoms. The van der Waals surface area contributed by atoms with Crippen molar-refractivity contribution >= 4 is 22.4 Å². The predicted molar refractivity (Wildman–Crippen MR) is 134 cm³/mol. The Morgan fingerprint density at radius 3 is 2.53 bits per heavy atom. The molecule has 0 radical (unpaired) electrons. The molecule has 0 aromatic heterocycles. The van der Waals surface area contributed by atoms with Gasteiger partial charge in [-0.3, -0.25) is 4.79 Å². The number of fused-ring (bicyclic) bond motifs is 1. The van der Waals surface area contributed by atoms with E-state index in [4.69, 9.17) is 9.57 Å². The van der Waals surface area contributed by atoms with Crippen molar-refractivity contribution in [3.8, 4) is 5.75 Å². The zero-order valence-corrected chi connectivity index (χ0v) is 19.1. The summed E-state index contributed by atoms with van der Waals surface area (Å²) < 4.78 is 5.49. The second kappa shape index (κ2) is 9.79. The highest BCUT2D eigenvalue weighted by atomic mass is 16.6. The number of carbonyl (C=O) groups excluding carboxylic acids is 1. The molecule has 34 heavy (non-hydrogen) atoms. The van der Waals surface area contributed by atoms with E-state index in [0.29, 0.717) is 25.1 Å². The van der Waals surface area contributed by atoms with Gasteiger partial charge in [-0.2, -0.15) is 0 Å². The van der Waals surface area contributed by atoms with Crippen LogP contribution in [-0.2, 0) is 11.4 Å². The van der Waals surface area contributed by atoms with Crippen molar-refractivity contribution in [2.45, 2.75) is 19.1 Å². The molecule has 5 heteroatoms. The summed E-state index contributed by atoms with van der Waals surface area (Å²) in [5.41, 5.74) is 3.51. The molecular weight excluding hydrogens is 424 g/mol. The van der Waals surface area contributed by atoms with E-state index in [0.717, 1.165) is 33.4 Å². The average molecular weight is 451 g/mol. The molecule has 1 aliphatic heterocycles. The van der Waals surface area contributed by atoms with Crippen LogP contribution in [0.4, 0.5) is 0 Å². The van der Waals surface area contributed by atoms with Gasteiger partial charge in [0.15, 0.2) is 6.10 Å². The molecule has 1 aliphatic rings. The van der Waals surface area contributed by atoms with Gasteiger partial charge in [-0.25, -0.2) is 0 Å². The van der Waals surface area contributed by atoms with Crippen molar-refractivity contribution in [2.75, 3.05) is 13.7 Å². The van der Waals surface area contributed by atoms with Crippen LogP contribution in [0.1, 0.15) is 27.9 Å². The Labute approximate surface area is 199 Å². The molecule has 0 spiro atoms. The minimum atomic E-state index is -0.234. The Balaban J connectivity index is 1.40. The Kier molecular flexibility index (Phi) is 6.25. The van der Waals surface area contributed by atoms with Crippen LogP contribution in [-0.4, -0.2) is 36.3 Å². The van der Waals surface area contributed by atoms with Crippen molar-refractivity contribution < 1.29 is 14.4 Å². The predicted octanol–water partition coefficient (Wildman–Crippen LogP) is 5.68. The standard InChI is InChI=1S/C29H26N2O3/c1-33-28-17-8-7-15-26(28)27-18-23(34-30-27)20-31(19-21-10-3-2-4-11-21)29(32)25-16-9-13-22-12-5-6-14-24(22)25/h2-17,23H,18-20H2,1H3. The number of nitrogens with zero attached hydrogens (tertiary/aromatic N) is 2. The highest BCUT2D eigenvalue weighted by Crippen LogP contribution is 2.26. The van der Waals surface area contributed by atoms with Crippen LogP contribution < -0.4 is 4.74 Å². The zero-order chi connectivity index (χ0) is 23.3. The lowest BCUT2D eigenvalue weighted by Gasteiger charge is -2.25. The number of hydrogen-bond acceptors (Lipinski definition) is 4. The Hall–Kier alpha value is -4.12. The van der Waals surface area contributed by atoms with E-state index < -0.39 is 0 Å². The van der Waals surface area contributed by atoms with Crippen molar-refractivity contribution in [2.24, 2.45) is 5.16 Å². The first-order valence-electron chi connectivity index (χ1n) is 11.4. The third-order valence-electron chi connectivity index (χ3n) is 6.10. The van der Waals surface area contributed by atoms with Gasteiger partial charge in [0.1, 0.15) is 5.75 Å². The molecule has 4 aromatic carbocycles. The van der Waals surface area contributed by atoms with Gasteiger partial charge in [0.25, 0.3) is 5.91 Å². The maximum Gasteiger partial charge on any atom is 0.254 e. The minimum absolute atomic E-state index is 0.0185. The van der Waals surface area contributed by atoms with E-state index >= 15 is 0 Å². The van der Waals surface area contributed by atoms with Crippen LogP contribution in [0, 0.1) is 0 Å². The van der Waals surface area contributed by atoms with Crippen LogP contribution in [0.25, 0.3) is 10.8 Å². The molecule has 0 saturated heterocycles. The lowest BCUT2D eigenvalue weighted by Crippen LogP contribution is -2.37. The van der Waals surface area contributed by atoms with Crippen LogP contribution in [0.2, 0.25) is 0 Å². The zero-order valence-electron chi connectivity index (χ0n) is 19.1. The van der Waals surface area contributed by atoms with E-state index in [1.807, 2.05) is 102 Å². The number of para-hydroxylation sites is 1. The van der Waals surface area contributed by atoms with Gasteiger partial charge in [0, 0.05) is 24.1 Å². The van der Waals surface area contributed by atoms with E-state index in [9.17, 15) is 4.79 Å². The fraction of sp³-hybridized carbons (Fsp3) is 0.172. The van der Waals surface area contributed by atoms with Gasteiger partial charge in [0.2, 0.25) is 0 Å². The number of amides is 1. The number of ether oxygens (including phenoxy) is 1. The van der Waals surface area contributed by atoms with E-state index in [2.05, 4.69) is 5.16 Å². The highest BCUT2D eigenvalue weighted by molar-refractivity contribution is 6.07. The first kappa shape index (κ1) is 21.7. The van der Waals surface area contributed by atoms with Gasteiger partial charge in [-0.1, -0.05) is 84.0 Å². The monoisotopic (exact) mass is 450 g/mol. The summed E-state index contributed by atoms with van der Waals surface area (Å²) in [6, 6.07) is 31.7. The Morgan fingerprint density at radius 1 is 0.941 bits per heavy atom. The number of hydrogen-bond donors (Lipinski definition) is 0. The van der Waals surface area contributed by atoms with Gasteiger partial charge >= 0.3 is 0 Å². The van der Waals surface area contributed by atoms with Gasteiger partial charge in [-0.05, 0) is 34.5 Å². The summed E-state index contributed by atoms with van der Waals surface area (Å²) in [6.45, 7) is 0.922. The maximum absolute atomic E-state index is 13.8. The number of benzene rings is 4. The molecule has 0 N–H and O–H groups in total. The topological polar surface area (TPSA) is 51.1 Å². The van der Waals surface area contributed by atoms with Crippen molar-refractivity contribution in [1.82, 2.24) is 4.90 Å². The van der Waals surface area contributed by atoms with Crippen LogP contribution >= 0.6 is 0 Å². The van der Waals surface area contributed by atoms with Crippen LogP contribution in [0.5, 0.6) is 5.75 Å². The molecule has 0 fully saturated rings. The molecule has 1 heterocycles. The fourth-order valence-corrected chi connectivity index (χ4v) is 4.42. The lowest BCUT2D eigenvalue weighted by atomic mass is 10.0. The summed E-state index contributed by atoms with van der Waals surface area (Å²) in [5.74, 6) is 0.744. The Morgan fingerprint density at radius 2 is 1.68 bits per heavy atom. The normalized spacial score (nSPS) is 15.0. The SMILES string of the molecule is COc1ccccc1C1=NOC(CN(Cc2ccccc2)C(=O)c2cccc3ccccc23)C1. The van der Waals surface area contributed by atoms with E-state index in [1.54, 1.807) is 7.11 Å². The lowest BCUT2D eigenvalue weighted by molar-refractivity contribution is 0.0406. The minimum Gasteiger partial charge on any atom is -0.496 e. The highest BCUT2D eigenvalue weighted by Gasteiger charge is 2.29. The number of oxime groups is 1. The number of rotatable bonds is 7. The molecule has 0 saturated carbocycles. The Bertz CT molecular complexity index is 1330. The molecule has 0 aliphatic carbocycles. The summed E-state index contributed by atoms with van der Waals surface area (Å²) in [5, 5.41) is 6.34. The van der Waals surface area contributed by atoms with Crippen LogP contribution in [0.15, 0.2) is 102 Å². The second-order valence-electron chi connectivity index (χ2n) is 8.37. The number of carbonyl (C=O) groups is 1. The van der Waals surface area contributed by atoms with Gasteiger partial charge in [0.05, 0.1) is 19.4 Å². The molecule has 4 aromatic rings. The largest absolute Gasteiger partial charge is 0.496 e. The molecule has 1 atom stereocenters. The van der Waals surface area contributed by atoms with Crippen molar-refractivity contribution in [1.29, 1.82) is 0 Å². The molecule has 170 valence electrons. The summed E-state index contributed by atoms with van der Waals surface area (Å²) >= 11 is 0. The quantitative estimate of drug-likeness (QED) is 0.364. The average Bonchev–Trinajstić information content (AvgIpc) is 3.36. The molecule has 1 amide bonds. The van der Waals surface area contributed by atoms with E-state index in [-0.39, 0.29) is 12.0 Å². The molecular formula is C29H26N2O3. The molecule has 5 nitrogen and oxygen atoms in total.